The molecule has 0 atom stereocenters. The number of aromatic nitrogens is 2. The van der Waals surface area contributed by atoms with Crippen LogP contribution in [0.3, 0.4) is 0 Å². The van der Waals surface area contributed by atoms with Crippen LogP contribution in [-0.2, 0) is 11.2 Å². The second kappa shape index (κ2) is 5.77. The van der Waals surface area contributed by atoms with Gasteiger partial charge in [0.15, 0.2) is 0 Å². The van der Waals surface area contributed by atoms with Gasteiger partial charge >= 0.3 is 0 Å². The summed E-state index contributed by atoms with van der Waals surface area (Å²) in [5.41, 5.74) is 0. The van der Waals surface area contributed by atoms with Crippen molar-refractivity contribution in [2.24, 2.45) is 0 Å². The summed E-state index contributed by atoms with van der Waals surface area (Å²) in [4.78, 5) is 12.4. The third-order valence-corrected chi connectivity index (χ3v) is 3.07. The van der Waals surface area contributed by atoms with Crippen LogP contribution >= 0.6 is 11.3 Å². The molecule has 2 rings (SSSR count). The Morgan fingerprint density at radius 3 is 3.00 bits per heavy atom. The number of nitrogens with one attached hydrogen (secondary N) is 1. The molecule has 18 heavy (non-hydrogen) atoms. The number of aryl methyl sites for hydroxylation is 1. The molecule has 0 aliphatic carbocycles. The van der Waals surface area contributed by atoms with Crippen LogP contribution in [0.1, 0.15) is 26.2 Å². The highest BCUT2D eigenvalue weighted by Gasteiger charge is 2.11. The average molecular weight is 265 g/mol. The van der Waals surface area contributed by atoms with Crippen LogP contribution in [0, 0.1) is 0 Å². The number of hydrogen-bond acceptors (Lipinski definition) is 5. The predicted octanol–water partition coefficient (Wildman–Crippen LogP) is 2.26. The highest BCUT2D eigenvalue weighted by molar-refractivity contribution is 7.13. The molecule has 0 aliphatic heterocycles. The van der Waals surface area contributed by atoms with E-state index in [0.29, 0.717) is 24.6 Å². The van der Waals surface area contributed by atoms with Crippen molar-refractivity contribution in [1.29, 1.82) is 0 Å². The minimum absolute atomic E-state index is 0.000809. The molecule has 0 aliphatic rings. The van der Waals surface area contributed by atoms with Gasteiger partial charge in [0, 0.05) is 18.9 Å². The molecule has 0 aromatic carbocycles. The van der Waals surface area contributed by atoms with Gasteiger partial charge in [-0.05, 0) is 25.3 Å². The molecule has 0 unspecified atom stereocenters. The topological polar surface area (TPSA) is 68.0 Å². The Balaban J connectivity index is 1.89. The maximum Gasteiger partial charge on any atom is 0.257 e. The zero-order valence-electron chi connectivity index (χ0n) is 10.3. The van der Waals surface area contributed by atoms with Crippen molar-refractivity contribution >= 4 is 17.2 Å². The van der Waals surface area contributed by atoms with Gasteiger partial charge in [-0.15, -0.1) is 21.5 Å². The fraction of sp³-hybridized carbons (Fsp3) is 0.417. The second-order valence-corrected chi connectivity index (χ2v) is 5.15. The zero-order chi connectivity index (χ0) is 13.0. The van der Waals surface area contributed by atoms with Gasteiger partial charge in [0.1, 0.15) is 0 Å². The molecule has 0 saturated carbocycles. The Labute approximate surface area is 109 Å². The Kier molecular flexibility index (Phi) is 4.09. The predicted molar refractivity (Wildman–Crippen MR) is 69.2 cm³/mol. The van der Waals surface area contributed by atoms with Gasteiger partial charge in [-0.1, -0.05) is 6.07 Å². The lowest BCUT2D eigenvalue weighted by Crippen LogP contribution is -2.30. The fourth-order valence-corrected chi connectivity index (χ4v) is 2.11. The van der Waals surface area contributed by atoms with Crippen LogP contribution in [-0.4, -0.2) is 22.1 Å². The van der Waals surface area contributed by atoms with E-state index in [1.54, 1.807) is 11.3 Å². The maximum atomic E-state index is 11.5. The Hall–Kier alpha value is -1.69. The molecule has 2 heterocycles. The molecule has 5 nitrogen and oxygen atoms in total. The summed E-state index contributed by atoms with van der Waals surface area (Å²) in [6.45, 7) is 3.86. The van der Waals surface area contributed by atoms with Gasteiger partial charge < -0.3 is 9.73 Å². The van der Waals surface area contributed by atoms with E-state index in [1.807, 2.05) is 31.4 Å². The molecule has 0 radical (unpaired) electrons. The largest absolute Gasteiger partial charge is 0.420 e. The molecule has 0 spiro atoms. The van der Waals surface area contributed by atoms with Gasteiger partial charge in [-0.25, -0.2) is 0 Å². The lowest BCUT2D eigenvalue weighted by atomic mass is 10.3. The first-order chi connectivity index (χ1) is 8.65. The van der Waals surface area contributed by atoms with Gasteiger partial charge in [0.2, 0.25) is 11.8 Å². The number of hydrogen-bond donors (Lipinski definition) is 1. The highest BCUT2D eigenvalue weighted by atomic mass is 32.1. The average Bonchev–Trinajstić information content (AvgIpc) is 2.96. The number of thiophene rings is 1. The molecular formula is C12H15N3O2S. The van der Waals surface area contributed by atoms with Crippen LogP contribution in [0.2, 0.25) is 0 Å². The standard InChI is InChI=1S/C12H15N3O2S/c1-8(2)13-10(16)5-6-11-14-15-12(17-11)9-4-3-7-18-9/h3-4,7-8H,5-6H2,1-2H3,(H,13,16). The van der Waals surface area contributed by atoms with Crippen LogP contribution in [0.4, 0.5) is 0 Å². The van der Waals surface area contributed by atoms with Crippen molar-refractivity contribution in [3.05, 3.63) is 23.4 Å². The number of carbonyl (C=O) groups excluding carboxylic acids is 1. The number of amides is 1. The monoisotopic (exact) mass is 265 g/mol. The van der Waals surface area contributed by atoms with Crippen LogP contribution < -0.4 is 5.32 Å². The molecular weight excluding hydrogens is 250 g/mol. The molecule has 1 N–H and O–H groups in total. The van der Waals surface area contributed by atoms with E-state index in [4.69, 9.17) is 4.42 Å². The van der Waals surface area contributed by atoms with E-state index in [9.17, 15) is 4.79 Å². The Morgan fingerprint density at radius 2 is 2.33 bits per heavy atom. The molecule has 96 valence electrons. The first-order valence-corrected chi connectivity index (χ1v) is 6.68. The molecule has 1 amide bonds. The molecule has 0 fully saturated rings. The minimum Gasteiger partial charge on any atom is -0.420 e. The summed E-state index contributed by atoms with van der Waals surface area (Å²) >= 11 is 1.55. The molecule has 6 heteroatoms. The molecule has 2 aromatic rings. The highest BCUT2D eigenvalue weighted by Crippen LogP contribution is 2.23. The van der Waals surface area contributed by atoms with E-state index in [0.717, 1.165) is 4.88 Å². The first-order valence-electron chi connectivity index (χ1n) is 5.81. The van der Waals surface area contributed by atoms with E-state index in [1.165, 1.54) is 0 Å². The lowest BCUT2D eigenvalue weighted by Gasteiger charge is -2.06. The summed E-state index contributed by atoms with van der Waals surface area (Å²) in [7, 11) is 0. The SMILES string of the molecule is CC(C)NC(=O)CCc1nnc(-c2cccs2)o1. The van der Waals surface area contributed by atoms with Crippen molar-refractivity contribution < 1.29 is 9.21 Å². The molecule has 0 bridgehead atoms. The molecule has 2 aromatic heterocycles. The molecule has 0 saturated heterocycles. The normalized spacial score (nSPS) is 10.8. The summed E-state index contributed by atoms with van der Waals surface area (Å²) in [5.74, 6) is 1.02. The third-order valence-electron chi connectivity index (χ3n) is 2.21. The fourth-order valence-electron chi connectivity index (χ4n) is 1.47. The number of carbonyl (C=O) groups is 1. The zero-order valence-corrected chi connectivity index (χ0v) is 11.2. The van der Waals surface area contributed by atoms with Gasteiger partial charge in [-0.2, -0.15) is 0 Å². The van der Waals surface area contributed by atoms with Crippen LogP contribution in [0.25, 0.3) is 10.8 Å². The smallest absolute Gasteiger partial charge is 0.257 e. The van der Waals surface area contributed by atoms with Gasteiger partial charge in [-0.3, -0.25) is 4.79 Å². The second-order valence-electron chi connectivity index (χ2n) is 4.20. The number of nitrogens with zero attached hydrogens (tertiary/aromatic N) is 2. The third kappa shape index (κ3) is 3.40. The van der Waals surface area contributed by atoms with Crippen LogP contribution in [0.15, 0.2) is 21.9 Å². The van der Waals surface area contributed by atoms with E-state index >= 15 is 0 Å². The summed E-state index contributed by atoms with van der Waals surface area (Å²) in [5, 5.41) is 12.7. The van der Waals surface area contributed by atoms with E-state index in [2.05, 4.69) is 15.5 Å². The van der Waals surface area contributed by atoms with E-state index in [-0.39, 0.29) is 11.9 Å². The van der Waals surface area contributed by atoms with Crippen molar-refractivity contribution in [3.63, 3.8) is 0 Å². The quantitative estimate of drug-likeness (QED) is 0.900. The lowest BCUT2D eigenvalue weighted by molar-refractivity contribution is -0.121. The minimum atomic E-state index is 0.000809. The van der Waals surface area contributed by atoms with Crippen molar-refractivity contribution in [2.75, 3.05) is 0 Å². The van der Waals surface area contributed by atoms with Gasteiger partial charge in [0.25, 0.3) is 5.89 Å². The van der Waals surface area contributed by atoms with Crippen LogP contribution in [0.5, 0.6) is 0 Å². The first kappa shape index (κ1) is 12.8. The number of rotatable bonds is 5. The maximum absolute atomic E-state index is 11.5. The Morgan fingerprint density at radius 1 is 1.50 bits per heavy atom. The summed E-state index contributed by atoms with van der Waals surface area (Å²) in [6.07, 6.45) is 0.835. The van der Waals surface area contributed by atoms with E-state index < -0.39 is 0 Å². The summed E-state index contributed by atoms with van der Waals surface area (Å²) < 4.78 is 5.49. The summed E-state index contributed by atoms with van der Waals surface area (Å²) in [6, 6.07) is 4.01. The Bertz CT molecular complexity index is 505. The van der Waals surface area contributed by atoms with Gasteiger partial charge in [0.05, 0.1) is 4.88 Å². The van der Waals surface area contributed by atoms with Crippen molar-refractivity contribution in [1.82, 2.24) is 15.5 Å². The van der Waals surface area contributed by atoms with Crippen molar-refractivity contribution in [2.45, 2.75) is 32.7 Å². The van der Waals surface area contributed by atoms with Crippen molar-refractivity contribution in [3.8, 4) is 10.8 Å².